The second-order valence-electron chi connectivity index (χ2n) is 4.86. The van der Waals surface area contributed by atoms with Gasteiger partial charge in [-0.25, -0.2) is 0 Å². The summed E-state index contributed by atoms with van der Waals surface area (Å²) in [7, 11) is 0. The van der Waals surface area contributed by atoms with Crippen LogP contribution in [0.2, 0.25) is 0 Å². The molecule has 3 nitrogen and oxygen atoms in total. The predicted octanol–water partition coefficient (Wildman–Crippen LogP) is 2.49. The average Bonchev–Trinajstić information content (AvgIpc) is 2.67. The van der Waals surface area contributed by atoms with Gasteiger partial charge in [0.25, 0.3) is 5.91 Å². The fourth-order valence-corrected chi connectivity index (χ4v) is 2.88. The summed E-state index contributed by atoms with van der Waals surface area (Å²) in [6.07, 6.45) is 7.47. The molecular formula is C15H14N2O. The van der Waals surface area contributed by atoms with Crippen LogP contribution in [0, 0.1) is 11.3 Å². The molecule has 3 rings (SSSR count). The number of carbonyl (C=O) groups excluding carboxylic acids is 1. The molecule has 2 bridgehead atoms. The molecular weight excluding hydrogens is 224 g/mol. The highest BCUT2D eigenvalue weighted by Gasteiger charge is 2.37. The monoisotopic (exact) mass is 238 g/mol. The van der Waals surface area contributed by atoms with Gasteiger partial charge in [0, 0.05) is 11.6 Å². The van der Waals surface area contributed by atoms with Crippen LogP contribution in [-0.4, -0.2) is 22.9 Å². The van der Waals surface area contributed by atoms with Gasteiger partial charge >= 0.3 is 0 Å². The number of nitriles is 1. The zero-order valence-corrected chi connectivity index (χ0v) is 10.0. The van der Waals surface area contributed by atoms with E-state index in [1.54, 1.807) is 24.3 Å². The summed E-state index contributed by atoms with van der Waals surface area (Å²) in [5.41, 5.74) is 1.27. The maximum atomic E-state index is 12.5. The van der Waals surface area contributed by atoms with Gasteiger partial charge in [0.2, 0.25) is 0 Å². The Morgan fingerprint density at radius 3 is 2.72 bits per heavy atom. The molecule has 0 aromatic heterocycles. The van der Waals surface area contributed by atoms with Gasteiger partial charge in [-0.15, -0.1) is 0 Å². The summed E-state index contributed by atoms with van der Waals surface area (Å²) in [6, 6.07) is 9.60. The zero-order chi connectivity index (χ0) is 12.5. The van der Waals surface area contributed by atoms with Crippen molar-refractivity contribution in [3.05, 3.63) is 47.5 Å². The molecule has 2 atom stereocenters. The highest BCUT2D eigenvalue weighted by Crippen LogP contribution is 2.32. The van der Waals surface area contributed by atoms with Crippen LogP contribution in [0.4, 0.5) is 0 Å². The molecule has 1 amide bonds. The second-order valence-corrected chi connectivity index (χ2v) is 4.86. The van der Waals surface area contributed by atoms with Crippen molar-refractivity contribution >= 4 is 5.91 Å². The van der Waals surface area contributed by atoms with E-state index in [4.69, 9.17) is 5.26 Å². The summed E-state index contributed by atoms with van der Waals surface area (Å²) >= 11 is 0. The van der Waals surface area contributed by atoms with E-state index in [0.717, 1.165) is 19.3 Å². The second kappa shape index (κ2) is 4.30. The molecule has 18 heavy (non-hydrogen) atoms. The largest absolute Gasteiger partial charge is 0.329 e. The van der Waals surface area contributed by atoms with Gasteiger partial charge < -0.3 is 4.90 Å². The van der Waals surface area contributed by atoms with Crippen molar-refractivity contribution in [2.75, 3.05) is 0 Å². The fourth-order valence-electron chi connectivity index (χ4n) is 2.88. The number of amides is 1. The van der Waals surface area contributed by atoms with E-state index in [2.05, 4.69) is 18.2 Å². The lowest BCUT2D eigenvalue weighted by atomic mass is 10.1. The fraction of sp³-hybridized carbons (Fsp3) is 0.333. The van der Waals surface area contributed by atoms with E-state index in [9.17, 15) is 4.79 Å². The first-order valence-corrected chi connectivity index (χ1v) is 6.29. The Balaban J connectivity index is 1.86. The third kappa shape index (κ3) is 1.70. The van der Waals surface area contributed by atoms with Crippen molar-refractivity contribution in [2.45, 2.75) is 31.3 Å². The van der Waals surface area contributed by atoms with Crippen molar-refractivity contribution in [1.82, 2.24) is 4.90 Å². The lowest BCUT2D eigenvalue weighted by molar-refractivity contribution is 0.0689. The number of carbonyl (C=O) groups is 1. The molecule has 1 aromatic rings. The molecule has 2 heterocycles. The maximum Gasteiger partial charge on any atom is 0.254 e. The van der Waals surface area contributed by atoms with Crippen LogP contribution >= 0.6 is 0 Å². The minimum absolute atomic E-state index is 0.0938. The summed E-state index contributed by atoms with van der Waals surface area (Å²) in [4.78, 5) is 14.5. The normalized spacial score (nSPS) is 24.9. The smallest absolute Gasteiger partial charge is 0.254 e. The number of benzene rings is 1. The minimum atomic E-state index is 0.0938. The van der Waals surface area contributed by atoms with Crippen molar-refractivity contribution in [1.29, 1.82) is 5.26 Å². The topological polar surface area (TPSA) is 44.1 Å². The Bertz CT molecular complexity index is 539. The molecule has 1 aromatic carbocycles. The molecule has 1 fully saturated rings. The Morgan fingerprint density at radius 1 is 1.28 bits per heavy atom. The van der Waals surface area contributed by atoms with Crippen molar-refractivity contribution in [3.8, 4) is 6.07 Å². The summed E-state index contributed by atoms with van der Waals surface area (Å²) < 4.78 is 0. The quantitative estimate of drug-likeness (QED) is 0.705. The number of hydrogen-bond acceptors (Lipinski definition) is 2. The lowest BCUT2D eigenvalue weighted by Crippen LogP contribution is -2.42. The van der Waals surface area contributed by atoms with E-state index in [1.807, 2.05) is 4.90 Å². The van der Waals surface area contributed by atoms with Crippen molar-refractivity contribution in [2.24, 2.45) is 0 Å². The third-order valence-electron chi connectivity index (χ3n) is 3.81. The first-order valence-electron chi connectivity index (χ1n) is 6.29. The van der Waals surface area contributed by atoms with Crippen LogP contribution < -0.4 is 0 Å². The molecule has 1 saturated heterocycles. The van der Waals surface area contributed by atoms with Crippen molar-refractivity contribution in [3.63, 3.8) is 0 Å². The Kier molecular flexibility index (Phi) is 2.64. The van der Waals surface area contributed by atoms with E-state index in [-0.39, 0.29) is 11.9 Å². The molecule has 2 aliphatic rings. The van der Waals surface area contributed by atoms with Gasteiger partial charge in [-0.05, 0) is 43.5 Å². The Morgan fingerprint density at radius 2 is 2.06 bits per heavy atom. The van der Waals surface area contributed by atoms with Gasteiger partial charge in [0.1, 0.15) is 0 Å². The Labute approximate surface area is 106 Å². The molecule has 90 valence electrons. The molecule has 0 N–H and O–H groups in total. The molecule has 2 aliphatic heterocycles. The molecule has 0 spiro atoms. The summed E-state index contributed by atoms with van der Waals surface area (Å²) in [5, 5.41) is 8.76. The first kappa shape index (κ1) is 11.0. The maximum absolute atomic E-state index is 12.5. The van der Waals surface area contributed by atoms with Gasteiger partial charge in [-0.3, -0.25) is 4.79 Å². The lowest BCUT2D eigenvalue weighted by Gasteiger charge is -2.31. The van der Waals surface area contributed by atoms with Crippen LogP contribution in [0.25, 0.3) is 0 Å². The van der Waals surface area contributed by atoms with E-state index >= 15 is 0 Å². The summed E-state index contributed by atoms with van der Waals surface area (Å²) in [6.45, 7) is 0. The van der Waals surface area contributed by atoms with E-state index in [0.29, 0.717) is 17.2 Å². The number of hydrogen-bond donors (Lipinski definition) is 0. The van der Waals surface area contributed by atoms with E-state index < -0.39 is 0 Å². The van der Waals surface area contributed by atoms with E-state index in [1.165, 1.54) is 0 Å². The van der Waals surface area contributed by atoms with Crippen LogP contribution in [0.3, 0.4) is 0 Å². The zero-order valence-electron chi connectivity index (χ0n) is 10.0. The standard InChI is InChI=1S/C15H14N2O/c16-10-11-4-6-12(7-5-11)15(18)17-13-2-1-3-14(17)9-8-13/h1-2,4-7,13-14H,3,8-9H2. The number of fused-ring (bicyclic) bond motifs is 2. The van der Waals surface area contributed by atoms with Crippen LogP contribution in [-0.2, 0) is 0 Å². The number of nitrogens with zero attached hydrogens (tertiary/aromatic N) is 2. The Hall–Kier alpha value is -2.08. The molecule has 2 unspecified atom stereocenters. The highest BCUT2D eigenvalue weighted by atomic mass is 16.2. The first-order chi connectivity index (χ1) is 8.79. The molecule has 0 aliphatic carbocycles. The van der Waals surface area contributed by atoms with Crippen molar-refractivity contribution < 1.29 is 4.79 Å². The third-order valence-corrected chi connectivity index (χ3v) is 3.81. The molecule has 3 heteroatoms. The number of rotatable bonds is 1. The van der Waals surface area contributed by atoms with Gasteiger partial charge in [0.15, 0.2) is 0 Å². The van der Waals surface area contributed by atoms with Gasteiger partial charge in [0.05, 0.1) is 17.7 Å². The average molecular weight is 238 g/mol. The highest BCUT2D eigenvalue weighted by molar-refractivity contribution is 5.95. The minimum Gasteiger partial charge on any atom is -0.329 e. The predicted molar refractivity (Wildman–Crippen MR) is 67.9 cm³/mol. The van der Waals surface area contributed by atoms with Gasteiger partial charge in [-0.1, -0.05) is 12.2 Å². The van der Waals surface area contributed by atoms with Crippen LogP contribution in [0.1, 0.15) is 35.2 Å². The van der Waals surface area contributed by atoms with Crippen LogP contribution in [0.5, 0.6) is 0 Å². The molecule has 0 saturated carbocycles. The van der Waals surface area contributed by atoms with Gasteiger partial charge in [-0.2, -0.15) is 5.26 Å². The summed E-state index contributed by atoms with van der Waals surface area (Å²) in [5.74, 6) is 0.0938. The van der Waals surface area contributed by atoms with Crippen LogP contribution in [0.15, 0.2) is 36.4 Å². The molecule has 0 radical (unpaired) electrons. The SMILES string of the molecule is N#Cc1ccc(C(=O)N2C3C=CCC2CC3)cc1.